The number of ether oxygens (including phenoxy) is 1. The molecule has 0 bridgehead atoms. The van der Waals surface area contributed by atoms with Crippen LogP contribution in [0.5, 0.6) is 0 Å². The number of benzene rings is 1. The van der Waals surface area contributed by atoms with E-state index >= 15 is 0 Å². The van der Waals surface area contributed by atoms with Crippen LogP contribution in [0, 0.1) is 0 Å². The van der Waals surface area contributed by atoms with E-state index in [9.17, 15) is 14.4 Å². The number of likely N-dealkylation sites (N-methyl/N-ethyl adjacent to an activating group) is 1. The van der Waals surface area contributed by atoms with Gasteiger partial charge in [0.25, 0.3) is 11.5 Å². The Labute approximate surface area is 266 Å². The maximum atomic E-state index is 14.0. The van der Waals surface area contributed by atoms with Crippen LogP contribution in [0.4, 0.5) is 17.2 Å². The molecule has 7 rings (SSSR count). The number of likely N-dealkylation sites (tertiary alicyclic amines) is 1. The average molecular weight is 624 g/mol. The van der Waals surface area contributed by atoms with Crippen molar-refractivity contribution in [3.63, 3.8) is 0 Å². The summed E-state index contributed by atoms with van der Waals surface area (Å²) in [5.41, 5.74) is 6.99. The predicted molar refractivity (Wildman–Crippen MR) is 177 cm³/mol. The summed E-state index contributed by atoms with van der Waals surface area (Å²) < 4.78 is 7.09. The zero-order chi connectivity index (χ0) is 31.2. The number of amides is 1. The number of esters is 1. The fourth-order valence-electron chi connectivity index (χ4n) is 6.89. The van der Waals surface area contributed by atoms with Crippen LogP contribution in [0.15, 0.2) is 53.6 Å². The van der Waals surface area contributed by atoms with Crippen molar-refractivity contribution in [2.45, 2.75) is 51.6 Å². The molecule has 232 valence electrons. The number of hydrogen-bond donors (Lipinski definition) is 1. The molecule has 0 spiro atoms. The minimum absolute atomic E-state index is 0.00255. The molecule has 9 nitrogen and oxygen atoms in total. The molecule has 0 unspecified atom stereocenters. The van der Waals surface area contributed by atoms with Crippen molar-refractivity contribution >= 4 is 40.4 Å². The molecule has 1 N–H and O–H groups in total. The third-order valence-corrected chi connectivity index (χ3v) is 10.6. The number of carbonyl (C=O) groups is 2. The molecule has 1 saturated heterocycles. The molecule has 1 amide bonds. The van der Waals surface area contributed by atoms with Gasteiger partial charge in [-0.3, -0.25) is 14.4 Å². The van der Waals surface area contributed by atoms with Crippen LogP contribution >= 0.6 is 11.3 Å². The highest BCUT2D eigenvalue weighted by atomic mass is 32.1. The molecule has 3 aliphatic rings. The summed E-state index contributed by atoms with van der Waals surface area (Å²) in [5.74, 6) is 0.671. The number of anilines is 3. The minimum atomic E-state index is -0.403. The van der Waals surface area contributed by atoms with E-state index in [1.54, 1.807) is 30.6 Å². The molecule has 10 heteroatoms. The van der Waals surface area contributed by atoms with E-state index in [0.717, 1.165) is 59.6 Å². The first-order valence-electron chi connectivity index (χ1n) is 15.6. The van der Waals surface area contributed by atoms with Crippen LogP contribution < -0.4 is 15.8 Å². The summed E-state index contributed by atoms with van der Waals surface area (Å²) in [5, 5.41) is 3.22. The number of rotatable bonds is 7. The van der Waals surface area contributed by atoms with Crippen LogP contribution in [0.25, 0.3) is 11.1 Å². The maximum absolute atomic E-state index is 14.0. The monoisotopic (exact) mass is 623 g/mol. The largest absolute Gasteiger partial charge is 0.461 e. The molecule has 45 heavy (non-hydrogen) atoms. The molecule has 3 aromatic heterocycles. The lowest BCUT2D eigenvalue weighted by Gasteiger charge is -2.36. The first-order valence-corrected chi connectivity index (χ1v) is 16.4. The third-order valence-electron chi connectivity index (χ3n) is 9.25. The van der Waals surface area contributed by atoms with Crippen molar-refractivity contribution in [3.05, 3.63) is 91.2 Å². The standard InChI is InChI=1S/C35H37N5O4S/c1-21(41)44-20-28-25(8-6-9-30(28)40-14-13-27-26-7-4-5-10-31(26)45-33(27)35(40)43)23-15-29(34(42)39(3)19-23)37-32-12-11-22(16-36-32)24-17-38(2)18-24/h6,8-9,11-12,15-16,19,24H,4-5,7,10,13-14,17-18,20H2,1-3H3,(H,36,37). The normalized spacial score (nSPS) is 16.6. The molecular weight excluding hydrogens is 586 g/mol. The van der Waals surface area contributed by atoms with Gasteiger partial charge in [-0.05, 0) is 79.6 Å². The molecule has 0 saturated carbocycles. The van der Waals surface area contributed by atoms with Gasteiger partial charge in [0, 0.05) is 67.9 Å². The van der Waals surface area contributed by atoms with Crippen molar-refractivity contribution in [2.24, 2.45) is 7.05 Å². The van der Waals surface area contributed by atoms with Crippen molar-refractivity contribution < 1.29 is 14.3 Å². The first kappa shape index (κ1) is 29.4. The summed E-state index contributed by atoms with van der Waals surface area (Å²) in [6.45, 7) is 3.98. The SMILES string of the molecule is CC(=O)OCc1c(-c2cc(Nc3ccc(C4CN(C)C4)cn3)c(=O)n(C)c2)cccc1N1CCc2c(sc3c2CCCC3)C1=O. The Hall–Kier alpha value is -4.28. The molecule has 5 heterocycles. The second-order valence-corrected chi connectivity index (χ2v) is 13.5. The Bertz CT molecular complexity index is 1850. The second-order valence-electron chi connectivity index (χ2n) is 12.4. The quantitative estimate of drug-likeness (QED) is 0.275. The Morgan fingerprint density at radius 2 is 1.89 bits per heavy atom. The summed E-state index contributed by atoms with van der Waals surface area (Å²) >= 11 is 1.65. The average Bonchev–Trinajstić information content (AvgIpc) is 3.41. The van der Waals surface area contributed by atoms with E-state index in [0.29, 0.717) is 24.0 Å². The summed E-state index contributed by atoms with van der Waals surface area (Å²) in [6.07, 6.45) is 8.92. The molecule has 1 aromatic carbocycles. The molecule has 1 fully saturated rings. The smallest absolute Gasteiger partial charge is 0.302 e. The van der Waals surface area contributed by atoms with Gasteiger partial charge in [-0.15, -0.1) is 11.3 Å². The lowest BCUT2D eigenvalue weighted by Crippen LogP contribution is -2.41. The molecular formula is C35H37N5O4S. The van der Waals surface area contributed by atoms with Crippen LogP contribution in [0.3, 0.4) is 0 Å². The number of fused-ring (bicyclic) bond motifs is 3. The summed E-state index contributed by atoms with van der Waals surface area (Å²) in [6, 6.07) is 11.6. The number of thiophene rings is 1. The Morgan fingerprint density at radius 1 is 1.07 bits per heavy atom. The molecule has 2 aliphatic heterocycles. The zero-order valence-corrected chi connectivity index (χ0v) is 26.7. The fraction of sp³-hybridized carbons (Fsp3) is 0.371. The van der Waals surface area contributed by atoms with E-state index in [2.05, 4.69) is 28.3 Å². The summed E-state index contributed by atoms with van der Waals surface area (Å²) in [7, 11) is 3.82. The van der Waals surface area contributed by atoms with Gasteiger partial charge in [0.15, 0.2) is 0 Å². The van der Waals surface area contributed by atoms with Crippen molar-refractivity contribution in [1.29, 1.82) is 0 Å². The fourth-order valence-corrected chi connectivity index (χ4v) is 8.27. The number of aromatic nitrogens is 2. The van der Waals surface area contributed by atoms with Gasteiger partial charge in [0.2, 0.25) is 0 Å². The van der Waals surface area contributed by atoms with Gasteiger partial charge in [-0.1, -0.05) is 18.2 Å². The van der Waals surface area contributed by atoms with Gasteiger partial charge < -0.3 is 24.4 Å². The number of aryl methyl sites for hydroxylation is 2. The zero-order valence-electron chi connectivity index (χ0n) is 25.9. The molecule has 0 radical (unpaired) electrons. The van der Waals surface area contributed by atoms with Crippen LogP contribution in [0.1, 0.15) is 62.5 Å². The summed E-state index contributed by atoms with van der Waals surface area (Å²) in [4.78, 5) is 50.1. The van der Waals surface area contributed by atoms with Gasteiger partial charge in [0.05, 0.1) is 10.6 Å². The number of nitrogens with one attached hydrogen (secondary N) is 1. The molecule has 0 atom stereocenters. The number of carbonyl (C=O) groups excluding carboxylic acids is 2. The van der Waals surface area contributed by atoms with E-state index in [1.165, 1.54) is 45.9 Å². The Morgan fingerprint density at radius 3 is 2.64 bits per heavy atom. The first-order chi connectivity index (χ1) is 21.8. The van der Waals surface area contributed by atoms with E-state index < -0.39 is 5.97 Å². The van der Waals surface area contributed by atoms with E-state index in [4.69, 9.17) is 4.74 Å². The molecule has 1 aliphatic carbocycles. The van der Waals surface area contributed by atoms with Crippen LogP contribution in [-0.4, -0.2) is 53.0 Å². The lowest BCUT2D eigenvalue weighted by atomic mass is 9.91. The van der Waals surface area contributed by atoms with Crippen molar-refractivity contribution in [3.8, 4) is 11.1 Å². The molecule has 4 aromatic rings. The van der Waals surface area contributed by atoms with E-state index in [-0.39, 0.29) is 18.1 Å². The Balaban J connectivity index is 1.24. The van der Waals surface area contributed by atoms with Crippen LogP contribution in [0.2, 0.25) is 0 Å². The van der Waals surface area contributed by atoms with Crippen molar-refractivity contribution in [2.75, 3.05) is 36.9 Å². The van der Waals surface area contributed by atoms with Crippen LogP contribution in [-0.2, 0) is 42.4 Å². The van der Waals surface area contributed by atoms with Gasteiger partial charge in [-0.25, -0.2) is 4.98 Å². The third kappa shape index (κ3) is 5.57. The highest BCUT2D eigenvalue weighted by Gasteiger charge is 2.33. The lowest BCUT2D eigenvalue weighted by molar-refractivity contribution is -0.142. The van der Waals surface area contributed by atoms with Gasteiger partial charge in [0.1, 0.15) is 18.1 Å². The van der Waals surface area contributed by atoms with E-state index in [1.807, 2.05) is 35.4 Å². The Kier molecular flexibility index (Phi) is 7.79. The second kappa shape index (κ2) is 11.9. The topological polar surface area (TPSA) is 96.8 Å². The number of nitrogens with zero attached hydrogens (tertiary/aromatic N) is 4. The minimum Gasteiger partial charge on any atom is -0.461 e. The predicted octanol–water partition coefficient (Wildman–Crippen LogP) is 5.43. The highest BCUT2D eigenvalue weighted by Crippen LogP contribution is 2.41. The maximum Gasteiger partial charge on any atom is 0.302 e. The van der Waals surface area contributed by atoms with Gasteiger partial charge >= 0.3 is 5.97 Å². The number of hydrogen-bond acceptors (Lipinski definition) is 8. The highest BCUT2D eigenvalue weighted by molar-refractivity contribution is 7.14. The van der Waals surface area contributed by atoms with Crippen molar-refractivity contribution in [1.82, 2.24) is 14.5 Å². The van der Waals surface area contributed by atoms with Gasteiger partial charge in [-0.2, -0.15) is 0 Å². The number of pyridine rings is 2.